The summed E-state index contributed by atoms with van der Waals surface area (Å²) in [6.07, 6.45) is 0. The zero-order valence-corrected chi connectivity index (χ0v) is 27.4. The molecule has 0 atom stereocenters. The van der Waals surface area contributed by atoms with Crippen LogP contribution in [0.25, 0.3) is 70.9 Å². The summed E-state index contributed by atoms with van der Waals surface area (Å²) in [5.74, 6) is 0. The Morgan fingerprint density at radius 2 is 0.880 bits per heavy atom. The van der Waals surface area contributed by atoms with Gasteiger partial charge in [-0.25, -0.2) is 0 Å². The molecule has 0 saturated heterocycles. The highest BCUT2D eigenvalue weighted by Gasteiger charge is 2.18. The van der Waals surface area contributed by atoms with Crippen molar-refractivity contribution < 1.29 is 0 Å². The van der Waals surface area contributed by atoms with Crippen molar-refractivity contribution in [2.45, 2.75) is 0 Å². The number of para-hydroxylation sites is 2. The van der Waals surface area contributed by atoms with Gasteiger partial charge in [-0.15, -0.1) is 0 Å². The third kappa shape index (κ3) is 4.65. The van der Waals surface area contributed by atoms with Crippen LogP contribution in [0.2, 0.25) is 0 Å². The Labute approximate surface area is 290 Å². The van der Waals surface area contributed by atoms with Gasteiger partial charge in [0.25, 0.3) is 0 Å². The van der Waals surface area contributed by atoms with Crippen LogP contribution in [0, 0.1) is 0 Å². The fourth-order valence-corrected chi connectivity index (χ4v) is 7.74. The summed E-state index contributed by atoms with van der Waals surface area (Å²) in [5, 5.41) is 9.90. The molecule has 10 aromatic rings. The van der Waals surface area contributed by atoms with Gasteiger partial charge in [-0.2, -0.15) is 0 Å². The number of rotatable bonds is 5. The fraction of sp³-hybridized carbons (Fsp3) is 0. The van der Waals surface area contributed by atoms with Gasteiger partial charge in [0.1, 0.15) is 0 Å². The minimum absolute atomic E-state index is 1.11. The molecule has 0 aliphatic carbocycles. The van der Waals surface area contributed by atoms with Crippen molar-refractivity contribution in [2.24, 2.45) is 0 Å². The molecule has 234 valence electrons. The third-order valence-electron chi connectivity index (χ3n) is 10.1. The van der Waals surface area contributed by atoms with Gasteiger partial charge < -0.3 is 9.47 Å². The maximum absolute atomic E-state index is 2.40. The molecule has 0 radical (unpaired) electrons. The lowest BCUT2D eigenvalue weighted by atomic mass is 9.95. The van der Waals surface area contributed by atoms with Gasteiger partial charge in [-0.05, 0) is 104 Å². The number of hydrogen-bond donors (Lipinski definition) is 0. The Kier molecular flexibility index (Phi) is 6.53. The summed E-state index contributed by atoms with van der Waals surface area (Å²) in [7, 11) is 0. The van der Waals surface area contributed by atoms with Crippen molar-refractivity contribution in [3.63, 3.8) is 0 Å². The van der Waals surface area contributed by atoms with E-state index < -0.39 is 0 Å². The highest BCUT2D eigenvalue weighted by molar-refractivity contribution is 6.10. The van der Waals surface area contributed by atoms with Crippen LogP contribution < -0.4 is 4.90 Å². The maximum Gasteiger partial charge on any atom is 0.0561 e. The molecule has 10 rings (SSSR count). The first-order valence-corrected chi connectivity index (χ1v) is 17.2. The molecule has 0 unspecified atom stereocenters. The van der Waals surface area contributed by atoms with Crippen molar-refractivity contribution in [2.75, 3.05) is 4.90 Å². The summed E-state index contributed by atoms with van der Waals surface area (Å²) < 4.78 is 2.39. The van der Waals surface area contributed by atoms with Crippen molar-refractivity contribution >= 4 is 71.2 Å². The zero-order valence-electron chi connectivity index (χ0n) is 27.4. The third-order valence-corrected chi connectivity index (χ3v) is 10.1. The number of fused-ring (bicyclic) bond motifs is 6. The average molecular weight is 637 g/mol. The monoisotopic (exact) mass is 636 g/mol. The Balaban J connectivity index is 1.19. The lowest BCUT2D eigenvalue weighted by molar-refractivity contribution is 1.18. The van der Waals surface area contributed by atoms with Crippen LogP contribution in [-0.2, 0) is 0 Å². The Morgan fingerprint density at radius 1 is 0.320 bits per heavy atom. The molecule has 0 spiro atoms. The highest BCUT2D eigenvalue weighted by Crippen LogP contribution is 2.42. The van der Waals surface area contributed by atoms with Gasteiger partial charge in [0, 0.05) is 33.5 Å². The van der Waals surface area contributed by atoms with E-state index in [1.165, 1.54) is 65.3 Å². The predicted octanol–water partition coefficient (Wildman–Crippen LogP) is 13.4. The van der Waals surface area contributed by atoms with E-state index in [4.69, 9.17) is 0 Å². The van der Waals surface area contributed by atoms with E-state index >= 15 is 0 Å². The van der Waals surface area contributed by atoms with Crippen LogP contribution in [0.4, 0.5) is 17.1 Å². The molecule has 1 aromatic heterocycles. The molecule has 0 aliphatic heterocycles. The normalized spacial score (nSPS) is 11.6. The second-order valence-corrected chi connectivity index (χ2v) is 13.0. The molecular weight excluding hydrogens is 605 g/mol. The lowest BCUT2D eigenvalue weighted by Gasteiger charge is -2.27. The number of nitrogens with zero attached hydrogens (tertiary/aromatic N) is 2. The molecule has 0 bridgehead atoms. The van der Waals surface area contributed by atoms with Gasteiger partial charge in [0.15, 0.2) is 0 Å². The van der Waals surface area contributed by atoms with Gasteiger partial charge in [0.2, 0.25) is 0 Å². The minimum atomic E-state index is 1.11. The van der Waals surface area contributed by atoms with E-state index in [1.54, 1.807) is 0 Å². The van der Waals surface area contributed by atoms with Gasteiger partial charge >= 0.3 is 0 Å². The molecule has 0 N–H and O–H groups in total. The van der Waals surface area contributed by atoms with Gasteiger partial charge in [0.05, 0.1) is 11.0 Å². The molecule has 9 aromatic carbocycles. The van der Waals surface area contributed by atoms with Crippen molar-refractivity contribution in [1.29, 1.82) is 0 Å². The highest BCUT2D eigenvalue weighted by atomic mass is 15.1. The first kappa shape index (κ1) is 28.4. The molecular formula is C48H32N2. The van der Waals surface area contributed by atoms with Crippen LogP contribution in [0.3, 0.4) is 0 Å². The maximum atomic E-state index is 2.40. The Bertz CT molecular complexity index is 2880. The first-order chi connectivity index (χ1) is 24.8. The molecule has 0 fully saturated rings. The number of anilines is 3. The van der Waals surface area contributed by atoms with Gasteiger partial charge in [-0.3, -0.25) is 0 Å². The molecule has 0 amide bonds. The van der Waals surface area contributed by atoms with Crippen molar-refractivity contribution in [3.05, 3.63) is 194 Å². The largest absolute Gasteiger partial charge is 0.310 e. The Morgan fingerprint density at radius 3 is 1.68 bits per heavy atom. The van der Waals surface area contributed by atoms with Crippen LogP contribution in [0.1, 0.15) is 0 Å². The quantitative estimate of drug-likeness (QED) is 0.182. The molecule has 1 heterocycles. The van der Waals surface area contributed by atoms with Crippen LogP contribution in [0.15, 0.2) is 194 Å². The van der Waals surface area contributed by atoms with Gasteiger partial charge in [-0.1, -0.05) is 133 Å². The van der Waals surface area contributed by atoms with E-state index in [0.717, 1.165) is 22.7 Å². The minimum Gasteiger partial charge on any atom is -0.310 e. The van der Waals surface area contributed by atoms with E-state index in [1.807, 2.05) is 0 Å². The lowest BCUT2D eigenvalue weighted by Crippen LogP contribution is -2.10. The molecule has 2 heteroatoms. The van der Waals surface area contributed by atoms with Crippen molar-refractivity contribution in [3.8, 4) is 16.8 Å². The summed E-state index contributed by atoms with van der Waals surface area (Å²) in [6.45, 7) is 0. The number of hydrogen-bond acceptors (Lipinski definition) is 1. The molecule has 0 aliphatic rings. The molecule has 0 saturated carbocycles. The predicted molar refractivity (Wildman–Crippen MR) is 213 cm³/mol. The summed E-state index contributed by atoms with van der Waals surface area (Å²) >= 11 is 0. The van der Waals surface area contributed by atoms with Crippen LogP contribution in [0.5, 0.6) is 0 Å². The molecule has 2 nitrogen and oxygen atoms in total. The van der Waals surface area contributed by atoms with E-state index in [2.05, 4.69) is 204 Å². The standard InChI is InChI=1S/C48H32N2/c1-2-16-39(17-3-1)50-47-20-9-8-18-45(47)46-28-26-42(32-48(46)50)49(40-24-23-34-12-5-7-14-36(34)30-40)41-25-27-44-37(31-41)15-10-19-43(44)38-22-21-33-11-4-6-13-35(33)29-38/h1-32H. The second kappa shape index (κ2) is 11.5. The summed E-state index contributed by atoms with van der Waals surface area (Å²) in [6, 6.07) is 70.6. The topological polar surface area (TPSA) is 8.17 Å². The first-order valence-electron chi connectivity index (χ1n) is 17.2. The second-order valence-electron chi connectivity index (χ2n) is 13.0. The summed E-state index contributed by atoms with van der Waals surface area (Å²) in [4.78, 5) is 2.40. The van der Waals surface area contributed by atoms with Crippen LogP contribution >= 0.6 is 0 Å². The smallest absolute Gasteiger partial charge is 0.0561 e. The summed E-state index contributed by atoms with van der Waals surface area (Å²) in [5.41, 5.74) is 9.35. The number of aromatic nitrogens is 1. The fourth-order valence-electron chi connectivity index (χ4n) is 7.74. The van der Waals surface area contributed by atoms with E-state index in [0.29, 0.717) is 0 Å². The Hall–Kier alpha value is -6.64. The average Bonchev–Trinajstić information content (AvgIpc) is 3.51. The van der Waals surface area contributed by atoms with E-state index in [9.17, 15) is 0 Å². The van der Waals surface area contributed by atoms with Crippen molar-refractivity contribution in [1.82, 2.24) is 4.57 Å². The van der Waals surface area contributed by atoms with E-state index in [-0.39, 0.29) is 0 Å². The molecule has 50 heavy (non-hydrogen) atoms. The SMILES string of the molecule is c1ccc(-n2c3ccccc3c3ccc(N(c4ccc5ccccc5c4)c4ccc5c(-c6ccc7ccccc7c6)cccc5c4)cc32)cc1. The zero-order chi connectivity index (χ0) is 33.0. The van der Waals surface area contributed by atoms with Crippen LogP contribution in [-0.4, -0.2) is 4.57 Å². The number of benzene rings is 9.